The van der Waals surface area contributed by atoms with Crippen molar-refractivity contribution in [3.05, 3.63) is 48.0 Å². The van der Waals surface area contributed by atoms with Crippen LogP contribution in [0.2, 0.25) is 0 Å². The average Bonchev–Trinajstić information content (AvgIpc) is 3.27. The number of benzene rings is 2. The molecule has 1 saturated heterocycles. The van der Waals surface area contributed by atoms with Gasteiger partial charge < -0.3 is 19.1 Å². The molecule has 2 aromatic carbocycles. The Hall–Kier alpha value is -2.74. The van der Waals surface area contributed by atoms with Crippen LogP contribution in [0.5, 0.6) is 17.2 Å². The second kappa shape index (κ2) is 10.0. The molecule has 3 rings (SSSR count). The number of ether oxygens (including phenoxy) is 3. The quantitative estimate of drug-likeness (QED) is 0.585. The van der Waals surface area contributed by atoms with Gasteiger partial charge in [-0.05, 0) is 51.5 Å². The number of hydrogen-bond acceptors (Lipinski definition) is 6. The minimum absolute atomic E-state index is 0.150. The highest BCUT2D eigenvalue weighted by Crippen LogP contribution is 2.39. The maximum absolute atomic E-state index is 13.2. The second-order valence-corrected chi connectivity index (χ2v) is 9.35. The minimum atomic E-state index is -3.50. The highest BCUT2D eigenvalue weighted by molar-refractivity contribution is 7.92. The highest BCUT2D eigenvalue weighted by Gasteiger charge is 2.36. The zero-order valence-corrected chi connectivity index (χ0v) is 19.0. The van der Waals surface area contributed by atoms with Gasteiger partial charge in [0.05, 0.1) is 30.0 Å². The third-order valence-corrected chi connectivity index (χ3v) is 7.29. The fourth-order valence-electron chi connectivity index (χ4n) is 3.66. The topological polar surface area (TPSA) is 82.1 Å². The van der Waals surface area contributed by atoms with Crippen LogP contribution in [0.3, 0.4) is 0 Å². The monoisotopic (exact) mass is 447 g/mol. The molecule has 0 N–H and O–H groups in total. The van der Waals surface area contributed by atoms with Gasteiger partial charge in [0.25, 0.3) is 5.91 Å². The Kier molecular flexibility index (Phi) is 7.43. The van der Waals surface area contributed by atoms with Crippen molar-refractivity contribution in [1.29, 1.82) is 0 Å². The van der Waals surface area contributed by atoms with E-state index in [0.717, 1.165) is 0 Å². The van der Waals surface area contributed by atoms with Crippen molar-refractivity contribution in [1.82, 2.24) is 4.90 Å². The summed E-state index contributed by atoms with van der Waals surface area (Å²) in [5.74, 6) is 1.09. The standard InChI is InChI=1S/C23H29NO6S/c1-4-28-20-14-17(15-21(29-5-2)22(20)30-6-3)23(25)24-13-12-19(16-24)31(26,27)18-10-8-7-9-11-18/h7-11,14-15,19H,4-6,12-13,16H2,1-3H3. The van der Waals surface area contributed by atoms with E-state index in [9.17, 15) is 13.2 Å². The first-order valence-electron chi connectivity index (χ1n) is 10.6. The zero-order chi connectivity index (χ0) is 22.4. The van der Waals surface area contributed by atoms with E-state index in [1.54, 1.807) is 47.4 Å². The number of nitrogens with zero attached hydrogens (tertiary/aromatic N) is 1. The van der Waals surface area contributed by atoms with Crippen LogP contribution in [-0.4, -0.2) is 57.4 Å². The number of amides is 1. The Labute approximate surface area is 183 Å². The van der Waals surface area contributed by atoms with E-state index < -0.39 is 15.1 Å². The van der Waals surface area contributed by atoms with Crippen LogP contribution in [0.15, 0.2) is 47.4 Å². The van der Waals surface area contributed by atoms with E-state index in [4.69, 9.17) is 14.2 Å². The van der Waals surface area contributed by atoms with Crippen LogP contribution in [0, 0.1) is 0 Å². The summed E-state index contributed by atoms with van der Waals surface area (Å²) >= 11 is 0. The van der Waals surface area contributed by atoms with Crippen LogP contribution in [0.25, 0.3) is 0 Å². The lowest BCUT2D eigenvalue weighted by Crippen LogP contribution is -2.32. The summed E-state index contributed by atoms with van der Waals surface area (Å²) in [6.07, 6.45) is 0.399. The van der Waals surface area contributed by atoms with Gasteiger partial charge in [-0.25, -0.2) is 8.42 Å². The number of carbonyl (C=O) groups excluding carboxylic acids is 1. The van der Waals surface area contributed by atoms with Crippen LogP contribution in [-0.2, 0) is 9.84 Å². The third kappa shape index (κ3) is 4.95. The molecule has 0 aliphatic carbocycles. The van der Waals surface area contributed by atoms with E-state index in [1.807, 2.05) is 20.8 Å². The molecular weight excluding hydrogens is 418 g/mol. The molecule has 1 aliphatic rings. The Morgan fingerprint density at radius 2 is 1.55 bits per heavy atom. The Bertz CT molecular complexity index is 979. The molecule has 1 amide bonds. The molecule has 1 unspecified atom stereocenters. The molecule has 1 heterocycles. The van der Waals surface area contributed by atoms with Gasteiger partial charge in [-0.3, -0.25) is 4.79 Å². The van der Waals surface area contributed by atoms with E-state index in [0.29, 0.717) is 55.6 Å². The first-order valence-corrected chi connectivity index (χ1v) is 12.1. The maximum Gasteiger partial charge on any atom is 0.254 e. The SMILES string of the molecule is CCOc1cc(C(=O)N2CCC(S(=O)(=O)c3ccccc3)C2)cc(OCC)c1OCC. The molecule has 0 bridgehead atoms. The first-order chi connectivity index (χ1) is 14.9. The first kappa shape index (κ1) is 22.9. The largest absolute Gasteiger partial charge is 0.490 e. The zero-order valence-electron chi connectivity index (χ0n) is 18.2. The lowest BCUT2D eigenvalue weighted by molar-refractivity contribution is 0.0792. The van der Waals surface area contributed by atoms with Gasteiger partial charge in [0.1, 0.15) is 0 Å². The fourth-order valence-corrected chi connectivity index (χ4v) is 5.38. The number of carbonyl (C=O) groups is 1. The smallest absolute Gasteiger partial charge is 0.254 e. The van der Waals surface area contributed by atoms with Gasteiger partial charge >= 0.3 is 0 Å². The van der Waals surface area contributed by atoms with Crippen molar-refractivity contribution in [2.75, 3.05) is 32.9 Å². The van der Waals surface area contributed by atoms with E-state index in [1.165, 1.54) is 0 Å². The number of rotatable bonds is 9. The molecule has 7 nitrogen and oxygen atoms in total. The van der Waals surface area contributed by atoms with Gasteiger partial charge in [-0.15, -0.1) is 0 Å². The third-order valence-electron chi connectivity index (χ3n) is 5.10. The number of hydrogen-bond donors (Lipinski definition) is 0. The summed E-state index contributed by atoms with van der Waals surface area (Å²) in [6, 6.07) is 11.6. The number of sulfone groups is 1. The molecule has 0 radical (unpaired) electrons. The Balaban J connectivity index is 1.86. The molecule has 2 aromatic rings. The molecule has 1 fully saturated rings. The van der Waals surface area contributed by atoms with Crippen LogP contribution in [0.1, 0.15) is 37.6 Å². The van der Waals surface area contributed by atoms with Crippen molar-refractivity contribution in [3.63, 3.8) is 0 Å². The molecule has 8 heteroatoms. The molecule has 1 atom stereocenters. The summed E-state index contributed by atoms with van der Waals surface area (Å²) in [5.41, 5.74) is 0.383. The summed E-state index contributed by atoms with van der Waals surface area (Å²) < 4.78 is 43.0. The normalized spacial score (nSPS) is 16.2. The molecule has 31 heavy (non-hydrogen) atoms. The van der Waals surface area contributed by atoms with E-state index >= 15 is 0 Å². The van der Waals surface area contributed by atoms with Gasteiger partial charge in [-0.1, -0.05) is 18.2 Å². The van der Waals surface area contributed by atoms with Gasteiger partial charge in [0.2, 0.25) is 5.75 Å². The Morgan fingerprint density at radius 3 is 2.10 bits per heavy atom. The van der Waals surface area contributed by atoms with Crippen LogP contribution >= 0.6 is 0 Å². The fraction of sp³-hybridized carbons (Fsp3) is 0.435. The lowest BCUT2D eigenvalue weighted by atomic mass is 10.1. The number of likely N-dealkylation sites (tertiary alicyclic amines) is 1. The van der Waals surface area contributed by atoms with E-state index in [2.05, 4.69) is 0 Å². The lowest BCUT2D eigenvalue weighted by Gasteiger charge is -2.20. The molecule has 168 valence electrons. The predicted molar refractivity (Wildman–Crippen MR) is 118 cm³/mol. The Morgan fingerprint density at radius 1 is 0.968 bits per heavy atom. The minimum Gasteiger partial charge on any atom is -0.490 e. The van der Waals surface area contributed by atoms with E-state index in [-0.39, 0.29) is 17.3 Å². The predicted octanol–water partition coefficient (Wildman–Crippen LogP) is 3.57. The summed E-state index contributed by atoms with van der Waals surface area (Å²) in [6.45, 7) is 7.33. The molecule has 1 aliphatic heterocycles. The molecule has 0 aromatic heterocycles. The van der Waals surface area contributed by atoms with Crippen molar-refractivity contribution in [2.45, 2.75) is 37.3 Å². The summed E-state index contributed by atoms with van der Waals surface area (Å²) in [7, 11) is -3.50. The van der Waals surface area contributed by atoms with Crippen molar-refractivity contribution in [3.8, 4) is 17.2 Å². The molecule has 0 spiro atoms. The molecule has 0 saturated carbocycles. The van der Waals surface area contributed by atoms with Crippen molar-refractivity contribution >= 4 is 15.7 Å². The maximum atomic E-state index is 13.2. The van der Waals surface area contributed by atoms with Crippen LogP contribution < -0.4 is 14.2 Å². The highest BCUT2D eigenvalue weighted by atomic mass is 32.2. The summed E-state index contributed by atoms with van der Waals surface area (Å²) in [4.78, 5) is 15.1. The average molecular weight is 448 g/mol. The van der Waals surface area contributed by atoms with Gasteiger partial charge in [-0.2, -0.15) is 0 Å². The second-order valence-electron chi connectivity index (χ2n) is 7.12. The van der Waals surface area contributed by atoms with Crippen molar-refractivity contribution < 1.29 is 27.4 Å². The van der Waals surface area contributed by atoms with Gasteiger partial charge in [0.15, 0.2) is 21.3 Å². The van der Waals surface area contributed by atoms with Crippen LogP contribution in [0.4, 0.5) is 0 Å². The van der Waals surface area contributed by atoms with Crippen molar-refractivity contribution in [2.24, 2.45) is 0 Å². The molecular formula is C23H29NO6S. The summed E-state index contributed by atoms with van der Waals surface area (Å²) in [5, 5.41) is -0.626. The van der Waals surface area contributed by atoms with Gasteiger partial charge in [0, 0.05) is 18.7 Å².